The van der Waals surface area contributed by atoms with Crippen LogP contribution >= 0.6 is 11.8 Å². The Bertz CT molecular complexity index is 362. The van der Waals surface area contributed by atoms with Crippen LogP contribution in [0.25, 0.3) is 0 Å². The van der Waals surface area contributed by atoms with Crippen molar-refractivity contribution in [3.63, 3.8) is 0 Å². The number of thioether (sulfide) groups is 1. The summed E-state index contributed by atoms with van der Waals surface area (Å²) < 4.78 is 12.3. The van der Waals surface area contributed by atoms with Gasteiger partial charge in [-0.25, -0.2) is 0 Å². The van der Waals surface area contributed by atoms with Crippen LogP contribution in [-0.4, -0.2) is 35.9 Å². The van der Waals surface area contributed by atoms with Crippen molar-refractivity contribution >= 4 is 11.8 Å². The zero-order valence-corrected chi connectivity index (χ0v) is 16.2. The Kier molecular flexibility index (Phi) is 6.74. The second kappa shape index (κ2) is 8.58. The minimum absolute atomic E-state index is 0.516. The lowest BCUT2D eigenvalue weighted by molar-refractivity contribution is -0.0258. The third-order valence-electron chi connectivity index (χ3n) is 6.38. The average Bonchev–Trinajstić information content (AvgIpc) is 2.94. The molecule has 3 rings (SSSR count). The van der Waals surface area contributed by atoms with E-state index < -0.39 is 0 Å². The van der Waals surface area contributed by atoms with Gasteiger partial charge in [0, 0.05) is 23.7 Å². The Morgan fingerprint density at radius 1 is 0.913 bits per heavy atom. The zero-order chi connectivity index (χ0) is 16.2. The first-order chi connectivity index (χ1) is 11.2. The SMILES string of the molecule is CCCCOC1CCC2C3CCC(OCCC)CC3SC2C1C. The van der Waals surface area contributed by atoms with Crippen LogP contribution in [0.3, 0.4) is 0 Å². The molecule has 0 radical (unpaired) electrons. The molecule has 134 valence electrons. The second-order valence-corrected chi connectivity index (χ2v) is 9.39. The molecular weight excluding hydrogens is 304 g/mol. The number of fused-ring (bicyclic) bond motifs is 3. The molecule has 2 saturated carbocycles. The van der Waals surface area contributed by atoms with E-state index >= 15 is 0 Å². The highest BCUT2D eigenvalue weighted by Crippen LogP contribution is 2.56. The fourth-order valence-corrected chi connectivity index (χ4v) is 7.31. The molecule has 1 heterocycles. The van der Waals surface area contributed by atoms with Crippen molar-refractivity contribution < 1.29 is 9.47 Å². The smallest absolute Gasteiger partial charge is 0.0611 e. The Morgan fingerprint density at radius 2 is 1.74 bits per heavy atom. The maximum atomic E-state index is 6.23. The molecule has 0 amide bonds. The average molecular weight is 341 g/mol. The van der Waals surface area contributed by atoms with E-state index in [1.807, 2.05) is 0 Å². The summed E-state index contributed by atoms with van der Waals surface area (Å²) in [4.78, 5) is 0. The Balaban J connectivity index is 1.54. The standard InChI is InChI=1S/C20H36O2S/c1-4-6-12-22-18-10-9-17-16-8-7-15(21-11-5-2)13-19(16)23-20(17)14(18)3/h14-20H,4-13H2,1-3H3. The minimum atomic E-state index is 0.516. The van der Waals surface area contributed by atoms with Crippen LogP contribution in [0, 0.1) is 17.8 Å². The summed E-state index contributed by atoms with van der Waals surface area (Å²) in [6, 6.07) is 0. The number of hydrogen-bond donors (Lipinski definition) is 0. The molecule has 3 heteroatoms. The van der Waals surface area contributed by atoms with E-state index in [4.69, 9.17) is 9.47 Å². The van der Waals surface area contributed by atoms with Crippen LogP contribution < -0.4 is 0 Å². The molecule has 1 saturated heterocycles. The summed E-state index contributed by atoms with van der Waals surface area (Å²) in [5.41, 5.74) is 0. The number of hydrogen-bond acceptors (Lipinski definition) is 3. The first-order valence-electron chi connectivity index (χ1n) is 10.1. The first kappa shape index (κ1) is 18.1. The summed E-state index contributed by atoms with van der Waals surface area (Å²) in [7, 11) is 0. The van der Waals surface area contributed by atoms with Crippen molar-refractivity contribution in [1.29, 1.82) is 0 Å². The van der Waals surface area contributed by atoms with Crippen molar-refractivity contribution in [1.82, 2.24) is 0 Å². The lowest BCUT2D eigenvalue weighted by atomic mass is 9.69. The highest BCUT2D eigenvalue weighted by molar-refractivity contribution is 8.00. The summed E-state index contributed by atoms with van der Waals surface area (Å²) in [6.45, 7) is 8.84. The molecule has 23 heavy (non-hydrogen) atoms. The quantitative estimate of drug-likeness (QED) is 0.586. The lowest BCUT2D eigenvalue weighted by Crippen LogP contribution is -2.40. The Morgan fingerprint density at radius 3 is 2.52 bits per heavy atom. The molecule has 1 aliphatic heterocycles. The maximum absolute atomic E-state index is 6.23. The van der Waals surface area contributed by atoms with E-state index in [1.165, 1.54) is 44.9 Å². The molecule has 0 aromatic heterocycles. The van der Waals surface area contributed by atoms with Gasteiger partial charge >= 0.3 is 0 Å². The number of ether oxygens (including phenoxy) is 2. The molecule has 3 fully saturated rings. The van der Waals surface area contributed by atoms with Gasteiger partial charge in [0.25, 0.3) is 0 Å². The topological polar surface area (TPSA) is 18.5 Å². The number of unbranched alkanes of at least 4 members (excludes halogenated alkanes) is 1. The van der Waals surface area contributed by atoms with Gasteiger partial charge in [0.1, 0.15) is 0 Å². The third kappa shape index (κ3) is 4.10. The maximum Gasteiger partial charge on any atom is 0.0611 e. The largest absolute Gasteiger partial charge is 0.378 e. The monoisotopic (exact) mass is 340 g/mol. The molecule has 2 aliphatic carbocycles. The van der Waals surface area contributed by atoms with Gasteiger partial charge < -0.3 is 9.47 Å². The van der Waals surface area contributed by atoms with Gasteiger partial charge in [-0.3, -0.25) is 0 Å². The van der Waals surface area contributed by atoms with Crippen molar-refractivity contribution in [3.8, 4) is 0 Å². The van der Waals surface area contributed by atoms with Crippen LogP contribution in [0.5, 0.6) is 0 Å². The van der Waals surface area contributed by atoms with E-state index in [0.29, 0.717) is 12.2 Å². The van der Waals surface area contributed by atoms with Crippen molar-refractivity contribution in [2.24, 2.45) is 17.8 Å². The van der Waals surface area contributed by atoms with Gasteiger partial charge in [-0.1, -0.05) is 27.2 Å². The van der Waals surface area contributed by atoms with Gasteiger partial charge in [0.15, 0.2) is 0 Å². The summed E-state index contributed by atoms with van der Waals surface area (Å²) in [6.07, 6.45) is 11.4. The molecule has 0 N–H and O–H groups in total. The van der Waals surface area contributed by atoms with Gasteiger partial charge in [-0.15, -0.1) is 0 Å². The molecule has 7 unspecified atom stereocenters. The molecule has 7 atom stereocenters. The fraction of sp³-hybridized carbons (Fsp3) is 1.00. The molecule has 3 aliphatic rings. The summed E-state index contributed by atoms with van der Waals surface area (Å²) in [5, 5.41) is 1.70. The van der Waals surface area contributed by atoms with E-state index in [9.17, 15) is 0 Å². The molecule has 0 bridgehead atoms. The van der Waals surface area contributed by atoms with Crippen LogP contribution in [0.1, 0.15) is 72.1 Å². The summed E-state index contributed by atoms with van der Waals surface area (Å²) in [5.74, 6) is 2.65. The predicted molar refractivity (Wildman–Crippen MR) is 99.1 cm³/mol. The normalized spacial score (nSPS) is 43.2. The molecule has 2 nitrogen and oxygen atoms in total. The molecule has 0 aromatic rings. The van der Waals surface area contributed by atoms with E-state index in [-0.39, 0.29) is 0 Å². The van der Waals surface area contributed by atoms with Gasteiger partial charge in [-0.2, -0.15) is 11.8 Å². The van der Waals surface area contributed by atoms with E-state index in [2.05, 4.69) is 32.5 Å². The minimum Gasteiger partial charge on any atom is -0.378 e. The van der Waals surface area contributed by atoms with Crippen molar-refractivity contribution in [2.45, 2.75) is 94.8 Å². The Labute approximate surface area is 147 Å². The van der Waals surface area contributed by atoms with Gasteiger partial charge in [0.2, 0.25) is 0 Å². The molecule has 0 aromatic carbocycles. The lowest BCUT2D eigenvalue weighted by Gasteiger charge is -2.39. The van der Waals surface area contributed by atoms with Crippen molar-refractivity contribution in [3.05, 3.63) is 0 Å². The molecular formula is C20H36O2S. The van der Waals surface area contributed by atoms with Gasteiger partial charge in [0.05, 0.1) is 12.2 Å². The summed E-state index contributed by atoms with van der Waals surface area (Å²) >= 11 is 2.31. The highest BCUT2D eigenvalue weighted by Gasteiger charge is 2.51. The van der Waals surface area contributed by atoms with Gasteiger partial charge in [-0.05, 0) is 62.7 Å². The fourth-order valence-electron chi connectivity index (χ4n) is 5.08. The molecule has 0 spiro atoms. The van der Waals surface area contributed by atoms with Crippen LogP contribution in [0.2, 0.25) is 0 Å². The Hall–Kier alpha value is 0.270. The van der Waals surface area contributed by atoms with Crippen molar-refractivity contribution in [2.75, 3.05) is 13.2 Å². The van der Waals surface area contributed by atoms with Crippen LogP contribution in [0.15, 0.2) is 0 Å². The van der Waals surface area contributed by atoms with Crippen LogP contribution in [-0.2, 0) is 9.47 Å². The first-order valence-corrected chi connectivity index (χ1v) is 11.1. The van der Waals surface area contributed by atoms with E-state index in [0.717, 1.165) is 47.9 Å². The highest BCUT2D eigenvalue weighted by atomic mass is 32.2. The predicted octanol–water partition coefficient (Wildman–Crippen LogP) is 5.30. The second-order valence-electron chi connectivity index (χ2n) is 7.97. The zero-order valence-electron chi connectivity index (χ0n) is 15.3. The van der Waals surface area contributed by atoms with E-state index in [1.54, 1.807) is 0 Å². The van der Waals surface area contributed by atoms with Crippen LogP contribution in [0.4, 0.5) is 0 Å². The number of rotatable bonds is 7. The third-order valence-corrected chi connectivity index (χ3v) is 8.36.